The fourth-order valence-corrected chi connectivity index (χ4v) is 3.97. The zero-order valence-corrected chi connectivity index (χ0v) is 17.9. The van der Waals surface area contributed by atoms with Crippen molar-refractivity contribution < 1.29 is 14.3 Å². The van der Waals surface area contributed by atoms with E-state index < -0.39 is 0 Å². The third-order valence-corrected chi connectivity index (χ3v) is 5.88. The van der Waals surface area contributed by atoms with Crippen LogP contribution in [0.2, 0.25) is 0 Å². The monoisotopic (exact) mass is 396 g/mol. The Hall–Kier alpha value is -2.53. The highest BCUT2D eigenvalue weighted by molar-refractivity contribution is 5.79. The number of aryl methyl sites for hydroxylation is 1. The van der Waals surface area contributed by atoms with Gasteiger partial charge in [-0.15, -0.1) is 0 Å². The quantitative estimate of drug-likeness (QED) is 0.765. The standard InChI is InChI=1S/C24H32N2O3/c1-17-7-5-6-8-20(17)16-26-13-11-19(12-14-26)24(27)25-18(2)22-15-21(28-3)9-10-23(22)29-4/h5-10,15,18-19H,11-14,16H2,1-4H3,(H,25,27)/t18-/m0/s1. The first-order chi connectivity index (χ1) is 14.0. The van der Waals surface area contributed by atoms with Crippen molar-refractivity contribution in [3.8, 4) is 11.5 Å². The molecule has 0 spiro atoms. The Morgan fingerprint density at radius 1 is 1.14 bits per heavy atom. The maximum atomic E-state index is 12.9. The number of benzene rings is 2. The number of rotatable bonds is 7. The average Bonchev–Trinajstić information content (AvgIpc) is 2.75. The lowest BCUT2D eigenvalue weighted by Crippen LogP contribution is -2.41. The Bertz CT molecular complexity index is 829. The Kier molecular flexibility index (Phi) is 7.15. The van der Waals surface area contributed by atoms with Crippen LogP contribution in [0.25, 0.3) is 0 Å². The van der Waals surface area contributed by atoms with Gasteiger partial charge in [-0.1, -0.05) is 24.3 Å². The van der Waals surface area contributed by atoms with E-state index in [2.05, 4.69) is 41.4 Å². The number of carbonyl (C=O) groups excluding carboxylic acids is 1. The summed E-state index contributed by atoms with van der Waals surface area (Å²) in [6.07, 6.45) is 1.78. The maximum absolute atomic E-state index is 12.9. The second-order valence-corrected chi connectivity index (χ2v) is 7.82. The number of methoxy groups -OCH3 is 2. The summed E-state index contributed by atoms with van der Waals surface area (Å²) in [7, 11) is 3.28. The normalized spacial score (nSPS) is 16.3. The molecule has 2 aromatic carbocycles. The number of nitrogens with one attached hydrogen (secondary N) is 1. The molecule has 1 atom stereocenters. The molecule has 0 aliphatic carbocycles. The van der Waals surface area contributed by atoms with Crippen molar-refractivity contribution in [2.75, 3.05) is 27.3 Å². The molecule has 3 rings (SSSR count). The third kappa shape index (κ3) is 5.30. The molecule has 1 fully saturated rings. The highest BCUT2D eigenvalue weighted by atomic mass is 16.5. The molecule has 1 N–H and O–H groups in total. The number of amides is 1. The Morgan fingerprint density at radius 2 is 1.86 bits per heavy atom. The molecule has 0 unspecified atom stereocenters. The van der Waals surface area contributed by atoms with Crippen molar-refractivity contribution >= 4 is 5.91 Å². The summed E-state index contributed by atoms with van der Waals surface area (Å²) < 4.78 is 10.8. The Balaban J connectivity index is 1.55. The van der Waals surface area contributed by atoms with E-state index in [9.17, 15) is 4.79 Å². The number of nitrogens with zero attached hydrogens (tertiary/aromatic N) is 1. The molecule has 1 saturated heterocycles. The molecule has 2 aromatic rings. The van der Waals surface area contributed by atoms with Gasteiger partial charge in [-0.05, 0) is 69.1 Å². The van der Waals surface area contributed by atoms with Crippen LogP contribution in [0.15, 0.2) is 42.5 Å². The van der Waals surface area contributed by atoms with Gasteiger partial charge in [0, 0.05) is 18.0 Å². The van der Waals surface area contributed by atoms with Gasteiger partial charge < -0.3 is 14.8 Å². The van der Waals surface area contributed by atoms with Crippen molar-refractivity contribution in [1.29, 1.82) is 0 Å². The number of likely N-dealkylation sites (tertiary alicyclic amines) is 1. The molecule has 1 amide bonds. The second-order valence-electron chi connectivity index (χ2n) is 7.82. The summed E-state index contributed by atoms with van der Waals surface area (Å²) >= 11 is 0. The van der Waals surface area contributed by atoms with Gasteiger partial charge in [0.15, 0.2) is 0 Å². The zero-order chi connectivity index (χ0) is 20.8. The van der Waals surface area contributed by atoms with E-state index in [0.717, 1.165) is 49.5 Å². The van der Waals surface area contributed by atoms with E-state index in [-0.39, 0.29) is 17.9 Å². The Morgan fingerprint density at radius 3 is 2.52 bits per heavy atom. The molecule has 1 heterocycles. The van der Waals surface area contributed by atoms with Crippen molar-refractivity contribution in [3.05, 3.63) is 59.2 Å². The average molecular weight is 397 g/mol. The van der Waals surface area contributed by atoms with Crippen molar-refractivity contribution in [1.82, 2.24) is 10.2 Å². The SMILES string of the molecule is COc1ccc(OC)c([C@H](C)NC(=O)C2CCN(Cc3ccccc3C)CC2)c1. The lowest BCUT2D eigenvalue weighted by atomic mass is 9.94. The molecule has 0 aromatic heterocycles. The van der Waals surface area contributed by atoms with Crippen LogP contribution < -0.4 is 14.8 Å². The fraction of sp³-hybridized carbons (Fsp3) is 0.458. The van der Waals surface area contributed by atoms with Gasteiger partial charge in [0.05, 0.1) is 20.3 Å². The van der Waals surface area contributed by atoms with Gasteiger partial charge in [-0.25, -0.2) is 0 Å². The molecule has 0 bridgehead atoms. The Labute approximate surface area is 174 Å². The number of hydrogen-bond donors (Lipinski definition) is 1. The molecule has 1 aliphatic heterocycles. The van der Waals surface area contributed by atoms with E-state index in [4.69, 9.17) is 9.47 Å². The molecule has 156 valence electrons. The van der Waals surface area contributed by atoms with E-state index in [1.54, 1.807) is 14.2 Å². The van der Waals surface area contributed by atoms with Gasteiger partial charge in [0.1, 0.15) is 11.5 Å². The van der Waals surface area contributed by atoms with Crippen molar-refractivity contribution in [3.63, 3.8) is 0 Å². The minimum absolute atomic E-state index is 0.0576. The van der Waals surface area contributed by atoms with Crippen LogP contribution in [-0.2, 0) is 11.3 Å². The number of piperidine rings is 1. The van der Waals surface area contributed by atoms with Gasteiger partial charge >= 0.3 is 0 Å². The van der Waals surface area contributed by atoms with Gasteiger partial charge in [-0.3, -0.25) is 9.69 Å². The molecule has 0 radical (unpaired) electrons. The highest BCUT2D eigenvalue weighted by Crippen LogP contribution is 2.30. The van der Waals surface area contributed by atoms with Crippen LogP contribution in [0.5, 0.6) is 11.5 Å². The van der Waals surface area contributed by atoms with Crippen LogP contribution in [0.4, 0.5) is 0 Å². The molecular formula is C24H32N2O3. The molecule has 0 saturated carbocycles. The maximum Gasteiger partial charge on any atom is 0.223 e. The van der Waals surface area contributed by atoms with Crippen LogP contribution in [-0.4, -0.2) is 38.1 Å². The topological polar surface area (TPSA) is 50.8 Å². The van der Waals surface area contributed by atoms with E-state index in [1.807, 2.05) is 25.1 Å². The predicted octanol–water partition coefficient (Wildman–Crippen LogP) is 4.10. The molecule has 29 heavy (non-hydrogen) atoms. The van der Waals surface area contributed by atoms with E-state index >= 15 is 0 Å². The van der Waals surface area contributed by atoms with Crippen LogP contribution >= 0.6 is 0 Å². The van der Waals surface area contributed by atoms with Gasteiger partial charge in [0.25, 0.3) is 0 Å². The summed E-state index contributed by atoms with van der Waals surface area (Å²) in [6.45, 7) is 7.00. The second kappa shape index (κ2) is 9.79. The fourth-order valence-electron chi connectivity index (χ4n) is 3.97. The summed E-state index contributed by atoms with van der Waals surface area (Å²) in [6, 6.07) is 14.0. The molecule has 5 heteroatoms. The van der Waals surface area contributed by atoms with E-state index in [0.29, 0.717) is 0 Å². The van der Waals surface area contributed by atoms with Gasteiger partial charge in [-0.2, -0.15) is 0 Å². The number of hydrogen-bond acceptors (Lipinski definition) is 4. The number of ether oxygens (including phenoxy) is 2. The third-order valence-electron chi connectivity index (χ3n) is 5.88. The highest BCUT2D eigenvalue weighted by Gasteiger charge is 2.26. The van der Waals surface area contributed by atoms with Crippen molar-refractivity contribution in [2.24, 2.45) is 5.92 Å². The summed E-state index contributed by atoms with van der Waals surface area (Å²) in [5, 5.41) is 3.17. The summed E-state index contributed by atoms with van der Waals surface area (Å²) in [5.74, 6) is 1.69. The smallest absolute Gasteiger partial charge is 0.223 e. The van der Waals surface area contributed by atoms with Crippen molar-refractivity contribution in [2.45, 2.75) is 39.3 Å². The van der Waals surface area contributed by atoms with Gasteiger partial charge in [0.2, 0.25) is 5.91 Å². The van der Waals surface area contributed by atoms with E-state index in [1.165, 1.54) is 11.1 Å². The minimum Gasteiger partial charge on any atom is -0.497 e. The molecule has 5 nitrogen and oxygen atoms in total. The largest absolute Gasteiger partial charge is 0.497 e. The number of carbonyl (C=O) groups is 1. The predicted molar refractivity (Wildman–Crippen MR) is 115 cm³/mol. The summed E-state index contributed by atoms with van der Waals surface area (Å²) in [4.78, 5) is 15.3. The molecular weight excluding hydrogens is 364 g/mol. The first-order valence-corrected chi connectivity index (χ1v) is 10.3. The zero-order valence-electron chi connectivity index (χ0n) is 17.9. The lowest BCUT2D eigenvalue weighted by Gasteiger charge is -2.32. The van der Waals surface area contributed by atoms with Crippen LogP contribution in [0.3, 0.4) is 0 Å². The first kappa shape index (κ1) is 21.2. The first-order valence-electron chi connectivity index (χ1n) is 10.3. The lowest BCUT2D eigenvalue weighted by molar-refractivity contribution is -0.127. The van der Waals surface area contributed by atoms with Crippen LogP contribution in [0, 0.1) is 12.8 Å². The minimum atomic E-state index is -0.141. The summed E-state index contributed by atoms with van der Waals surface area (Å²) in [5.41, 5.74) is 3.62. The van der Waals surface area contributed by atoms with Crippen LogP contribution in [0.1, 0.15) is 42.5 Å². The molecule has 1 aliphatic rings.